The summed E-state index contributed by atoms with van der Waals surface area (Å²) >= 11 is 0. The lowest BCUT2D eigenvalue weighted by molar-refractivity contribution is -0.138. The van der Waals surface area contributed by atoms with Gasteiger partial charge in [-0.3, -0.25) is 10.1 Å². The Bertz CT molecular complexity index is 985. The van der Waals surface area contributed by atoms with E-state index >= 15 is 0 Å². The molecule has 1 amide bonds. The molecule has 0 spiro atoms. The number of fused-ring (bicyclic) bond motifs is 1. The van der Waals surface area contributed by atoms with Crippen molar-refractivity contribution in [3.05, 3.63) is 65.4 Å². The topological polar surface area (TPSA) is 109 Å². The summed E-state index contributed by atoms with van der Waals surface area (Å²) in [6.45, 7) is 0.170. The molecule has 2 aromatic carbocycles. The van der Waals surface area contributed by atoms with Gasteiger partial charge in [0, 0.05) is 6.42 Å². The minimum absolute atomic E-state index is 0.111. The van der Waals surface area contributed by atoms with E-state index < -0.39 is 12.0 Å². The van der Waals surface area contributed by atoms with Crippen LogP contribution in [0.15, 0.2) is 59.2 Å². The fourth-order valence-corrected chi connectivity index (χ4v) is 2.91. The van der Waals surface area contributed by atoms with E-state index in [0.29, 0.717) is 11.5 Å². The molecule has 3 N–H and O–H groups in total. The van der Waals surface area contributed by atoms with Gasteiger partial charge in [0.25, 0.3) is 5.91 Å². The number of benzene rings is 2. The summed E-state index contributed by atoms with van der Waals surface area (Å²) in [6, 6.07) is 13.5. The first kappa shape index (κ1) is 17.6. The highest BCUT2D eigenvalue weighted by Crippen LogP contribution is 2.33. The quantitative estimate of drug-likeness (QED) is 0.680. The zero-order valence-electron chi connectivity index (χ0n) is 14.7. The molecule has 8 heteroatoms. The van der Waals surface area contributed by atoms with Gasteiger partial charge in [0.05, 0.1) is 0 Å². The van der Waals surface area contributed by atoms with Gasteiger partial charge in [-0.1, -0.05) is 36.4 Å². The van der Waals surface area contributed by atoms with Crippen LogP contribution in [0.25, 0.3) is 6.08 Å². The molecule has 1 atom stereocenters. The number of carboxylic acids is 1. The van der Waals surface area contributed by atoms with Crippen molar-refractivity contribution >= 4 is 23.9 Å². The number of hydrogen-bond donors (Lipinski definition) is 3. The normalized spacial score (nSPS) is 18.8. The summed E-state index contributed by atoms with van der Waals surface area (Å²) in [5.41, 5.74) is 1.85. The molecule has 1 saturated heterocycles. The van der Waals surface area contributed by atoms with Crippen molar-refractivity contribution in [2.45, 2.75) is 12.5 Å². The summed E-state index contributed by atoms with van der Waals surface area (Å²) in [6.07, 6.45) is 1.85. The van der Waals surface area contributed by atoms with Gasteiger partial charge in [-0.2, -0.15) is 0 Å². The van der Waals surface area contributed by atoms with E-state index in [9.17, 15) is 14.7 Å². The number of carbonyl (C=O) groups is 2. The largest absolute Gasteiger partial charge is 0.480 e. The third-order valence-electron chi connectivity index (χ3n) is 4.28. The number of carbonyl (C=O) groups excluding carboxylic acids is 1. The van der Waals surface area contributed by atoms with Crippen LogP contribution in [-0.4, -0.2) is 35.8 Å². The molecule has 2 heterocycles. The van der Waals surface area contributed by atoms with Gasteiger partial charge in [-0.05, 0) is 29.3 Å². The molecule has 28 heavy (non-hydrogen) atoms. The molecule has 2 aliphatic heterocycles. The number of nitrogens with one attached hydrogen (secondary N) is 2. The standard InChI is InChI=1S/C20H17N3O5/c24-18-14(9-13-6-7-16-17(10-13)28-11-27-16)21-20(23-18)22-15(19(25)26)8-12-4-2-1-3-5-12/h1-7,9-10,15H,8,11H2,(H,25,26)(H2,21,22,23,24). The SMILES string of the molecule is O=C1NC(=NC(Cc2ccccc2)C(=O)O)NC1=Cc1ccc2c(c1)OCO2. The summed E-state index contributed by atoms with van der Waals surface area (Å²) in [4.78, 5) is 27.9. The van der Waals surface area contributed by atoms with E-state index in [4.69, 9.17) is 9.47 Å². The fourth-order valence-electron chi connectivity index (χ4n) is 2.91. The van der Waals surface area contributed by atoms with Crippen LogP contribution >= 0.6 is 0 Å². The third-order valence-corrected chi connectivity index (χ3v) is 4.28. The molecule has 0 saturated carbocycles. The number of rotatable bonds is 5. The van der Waals surface area contributed by atoms with Crippen LogP contribution in [0, 0.1) is 0 Å². The van der Waals surface area contributed by atoms with Crippen LogP contribution < -0.4 is 20.1 Å². The number of hydrogen-bond acceptors (Lipinski definition) is 5. The zero-order chi connectivity index (χ0) is 19.5. The van der Waals surface area contributed by atoms with E-state index in [2.05, 4.69) is 15.6 Å². The highest BCUT2D eigenvalue weighted by atomic mass is 16.7. The first-order valence-corrected chi connectivity index (χ1v) is 8.63. The molecule has 0 aliphatic carbocycles. The Morgan fingerprint density at radius 2 is 1.93 bits per heavy atom. The molecule has 2 aliphatic rings. The molecular weight excluding hydrogens is 362 g/mol. The Morgan fingerprint density at radius 3 is 2.71 bits per heavy atom. The molecule has 2 aromatic rings. The van der Waals surface area contributed by atoms with Crippen molar-refractivity contribution < 1.29 is 24.2 Å². The van der Waals surface area contributed by atoms with E-state index in [0.717, 1.165) is 11.1 Å². The van der Waals surface area contributed by atoms with Crippen molar-refractivity contribution in [1.82, 2.24) is 10.6 Å². The second-order valence-electron chi connectivity index (χ2n) is 6.27. The van der Waals surface area contributed by atoms with Crippen molar-refractivity contribution in [2.75, 3.05) is 6.79 Å². The van der Waals surface area contributed by atoms with Gasteiger partial charge < -0.3 is 19.9 Å². The average molecular weight is 379 g/mol. The lowest BCUT2D eigenvalue weighted by Gasteiger charge is -2.09. The molecule has 1 unspecified atom stereocenters. The predicted octanol–water partition coefficient (Wildman–Crippen LogP) is 1.53. The summed E-state index contributed by atoms with van der Waals surface area (Å²) < 4.78 is 10.6. The number of carboxylic acid groups (broad SMARTS) is 1. The van der Waals surface area contributed by atoms with E-state index in [1.54, 1.807) is 24.3 Å². The first-order chi connectivity index (χ1) is 13.6. The second kappa shape index (κ2) is 7.43. The van der Waals surface area contributed by atoms with Crippen molar-refractivity contribution in [2.24, 2.45) is 4.99 Å². The van der Waals surface area contributed by atoms with Crippen LogP contribution in [0.5, 0.6) is 11.5 Å². The minimum Gasteiger partial charge on any atom is -0.480 e. The Labute approximate surface area is 160 Å². The molecule has 0 aromatic heterocycles. The maximum atomic E-state index is 12.2. The molecule has 4 rings (SSSR count). The Balaban J connectivity index is 1.52. The Kier molecular flexibility index (Phi) is 4.67. The summed E-state index contributed by atoms with van der Waals surface area (Å²) in [5.74, 6) is -0.0879. The van der Waals surface area contributed by atoms with Gasteiger partial charge in [0.1, 0.15) is 5.70 Å². The molecule has 1 fully saturated rings. The lowest BCUT2D eigenvalue weighted by atomic mass is 10.1. The highest BCUT2D eigenvalue weighted by Gasteiger charge is 2.25. The van der Waals surface area contributed by atoms with Crippen LogP contribution in [0.4, 0.5) is 0 Å². The van der Waals surface area contributed by atoms with Crippen LogP contribution in [0.1, 0.15) is 11.1 Å². The molecular formula is C20H17N3O5. The smallest absolute Gasteiger partial charge is 0.328 e. The Morgan fingerprint density at radius 1 is 1.14 bits per heavy atom. The van der Waals surface area contributed by atoms with Crippen molar-refractivity contribution in [3.63, 3.8) is 0 Å². The summed E-state index contributed by atoms with van der Waals surface area (Å²) in [5, 5.41) is 14.9. The maximum Gasteiger partial charge on any atom is 0.328 e. The van der Waals surface area contributed by atoms with E-state index in [-0.39, 0.29) is 30.8 Å². The van der Waals surface area contributed by atoms with E-state index in [1.807, 2.05) is 30.3 Å². The van der Waals surface area contributed by atoms with Gasteiger partial charge in [0.15, 0.2) is 17.5 Å². The van der Waals surface area contributed by atoms with Gasteiger partial charge >= 0.3 is 5.97 Å². The number of aliphatic imine (C=N–C) groups is 1. The second-order valence-corrected chi connectivity index (χ2v) is 6.27. The minimum atomic E-state index is -1.07. The lowest BCUT2D eigenvalue weighted by Crippen LogP contribution is -2.31. The first-order valence-electron chi connectivity index (χ1n) is 8.63. The third kappa shape index (κ3) is 3.80. The van der Waals surface area contributed by atoms with Crippen molar-refractivity contribution in [1.29, 1.82) is 0 Å². The molecule has 8 nitrogen and oxygen atoms in total. The predicted molar refractivity (Wildman–Crippen MR) is 101 cm³/mol. The number of aliphatic carboxylic acids is 1. The van der Waals surface area contributed by atoms with Gasteiger partial charge in [-0.15, -0.1) is 0 Å². The van der Waals surface area contributed by atoms with Crippen LogP contribution in [0.2, 0.25) is 0 Å². The molecule has 142 valence electrons. The zero-order valence-corrected chi connectivity index (χ0v) is 14.7. The number of amides is 1. The van der Waals surface area contributed by atoms with Crippen LogP contribution in [-0.2, 0) is 16.0 Å². The number of ether oxygens (including phenoxy) is 2. The fraction of sp³-hybridized carbons (Fsp3) is 0.150. The number of guanidine groups is 1. The van der Waals surface area contributed by atoms with Gasteiger partial charge in [-0.25, -0.2) is 9.79 Å². The summed E-state index contributed by atoms with van der Waals surface area (Å²) in [7, 11) is 0. The van der Waals surface area contributed by atoms with Crippen molar-refractivity contribution in [3.8, 4) is 11.5 Å². The van der Waals surface area contributed by atoms with E-state index in [1.165, 1.54) is 0 Å². The molecule has 0 bridgehead atoms. The highest BCUT2D eigenvalue weighted by molar-refractivity contribution is 6.15. The maximum absolute atomic E-state index is 12.2. The number of nitrogens with zero attached hydrogens (tertiary/aromatic N) is 1. The van der Waals surface area contributed by atoms with Crippen LogP contribution in [0.3, 0.4) is 0 Å². The Hall–Kier alpha value is -3.81. The van der Waals surface area contributed by atoms with Gasteiger partial charge in [0.2, 0.25) is 12.8 Å². The average Bonchev–Trinajstić information content (AvgIpc) is 3.28. The molecule has 0 radical (unpaired) electrons. The monoisotopic (exact) mass is 379 g/mol.